The molecule has 0 unspecified atom stereocenters. The van der Waals surface area contributed by atoms with Crippen molar-refractivity contribution < 1.29 is 18.3 Å². The average molecular weight is 262 g/mol. The molecule has 0 aromatic heterocycles. The smallest absolute Gasteiger partial charge is 0.199 e. The topological polar surface area (TPSA) is 26.3 Å². The lowest BCUT2D eigenvalue weighted by molar-refractivity contribution is 0.103. The molecule has 2 aromatic carbocycles. The molecular weight excluding hydrogens is 250 g/mol. The number of methoxy groups -OCH3 is 1. The highest BCUT2D eigenvalue weighted by atomic mass is 19.1. The maximum Gasteiger partial charge on any atom is 0.199 e. The van der Waals surface area contributed by atoms with E-state index in [0.717, 1.165) is 6.07 Å². The van der Waals surface area contributed by atoms with Crippen molar-refractivity contribution in [3.63, 3.8) is 0 Å². The van der Waals surface area contributed by atoms with Crippen molar-refractivity contribution in [1.82, 2.24) is 0 Å². The van der Waals surface area contributed by atoms with Crippen molar-refractivity contribution in [2.24, 2.45) is 0 Å². The van der Waals surface area contributed by atoms with Crippen molar-refractivity contribution in [2.75, 3.05) is 7.11 Å². The first-order valence-corrected chi connectivity index (χ1v) is 5.68. The van der Waals surface area contributed by atoms with E-state index in [0.29, 0.717) is 5.75 Å². The Kier molecular flexibility index (Phi) is 3.60. The van der Waals surface area contributed by atoms with Crippen molar-refractivity contribution in [3.05, 3.63) is 64.7 Å². The van der Waals surface area contributed by atoms with E-state index in [1.165, 1.54) is 20.1 Å². The van der Waals surface area contributed by atoms with E-state index in [2.05, 4.69) is 0 Å². The third kappa shape index (κ3) is 2.47. The first kappa shape index (κ1) is 13.2. The number of rotatable bonds is 3. The molecule has 0 aliphatic rings. The van der Waals surface area contributed by atoms with Crippen molar-refractivity contribution in [3.8, 4) is 5.75 Å². The Bertz CT molecular complexity index is 636. The molecule has 98 valence electrons. The third-order valence-corrected chi connectivity index (χ3v) is 2.84. The van der Waals surface area contributed by atoms with Crippen LogP contribution in [-0.2, 0) is 0 Å². The van der Waals surface area contributed by atoms with Gasteiger partial charge in [0.1, 0.15) is 17.4 Å². The molecule has 19 heavy (non-hydrogen) atoms. The molecule has 0 spiro atoms. The maximum absolute atomic E-state index is 13.7. The standard InChI is InChI=1S/C15H12F2O2/c1-9-7-11(13(17)8-12(9)16)15(18)10-5-3-4-6-14(10)19-2/h3-8H,1-2H3. The van der Waals surface area contributed by atoms with Gasteiger partial charge in [-0.05, 0) is 30.7 Å². The van der Waals surface area contributed by atoms with Gasteiger partial charge in [-0.25, -0.2) is 8.78 Å². The minimum atomic E-state index is -0.876. The number of halogens is 2. The van der Waals surface area contributed by atoms with Crippen LogP contribution < -0.4 is 4.74 Å². The van der Waals surface area contributed by atoms with Gasteiger partial charge in [0.15, 0.2) is 5.78 Å². The quantitative estimate of drug-likeness (QED) is 0.791. The summed E-state index contributed by atoms with van der Waals surface area (Å²) in [6, 6.07) is 8.45. The highest BCUT2D eigenvalue weighted by Gasteiger charge is 2.19. The van der Waals surface area contributed by atoms with E-state index >= 15 is 0 Å². The summed E-state index contributed by atoms with van der Waals surface area (Å²) >= 11 is 0. The van der Waals surface area contributed by atoms with E-state index in [9.17, 15) is 13.6 Å². The van der Waals surface area contributed by atoms with Gasteiger partial charge in [0.2, 0.25) is 0 Å². The molecule has 0 saturated carbocycles. The van der Waals surface area contributed by atoms with E-state index < -0.39 is 17.4 Å². The number of carbonyl (C=O) groups is 1. The summed E-state index contributed by atoms with van der Waals surface area (Å²) in [6.07, 6.45) is 0. The molecule has 0 saturated heterocycles. The van der Waals surface area contributed by atoms with Crippen LogP contribution in [0.4, 0.5) is 8.78 Å². The zero-order valence-corrected chi connectivity index (χ0v) is 10.5. The SMILES string of the molecule is COc1ccccc1C(=O)c1cc(C)c(F)cc1F. The van der Waals surface area contributed by atoms with Crippen LogP contribution >= 0.6 is 0 Å². The molecular formula is C15H12F2O2. The van der Waals surface area contributed by atoms with Crippen LogP contribution in [0.2, 0.25) is 0 Å². The van der Waals surface area contributed by atoms with Gasteiger partial charge in [0, 0.05) is 6.07 Å². The molecule has 0 aliphatic carbocycles. The molecule has 0 N–H and O–H groups in total. The first-order valence-electron chi connectivity index (χ1n) is 5.68. The highest BCUT2D eigenvalue weighted by molar-refractivity contribution is 6.11. The Balaban J connectivity index is 2.53. The normalized spacial score (nSPS) is 10.3. The predicted molar refractivity (Wildman–Crippen MR) is 67.5 cm³/mol. The van der Waals surface area contributed by atoms with Gasteiger partial charge in [-0.2, -0.15) is 0 Å². The van der Waals surface area contributed by atoms with Crippen molar-refractivity contribution in [2.45, 2.75) is 6.92 Å². The van der Waals surface area contributed by atoms with Crippen LogP contribution in [0.25, 0.3) is 0 Å². The Morgan fingerprint density at radius 2 is 1.74 bits per heavy atom. The number of ether oxygens (including phenoxy) is 1. The van der Waals surface area contributed by atoms with Crippen LogP contribution in [0.5, 0.6) is 5.75 Å². The predicted octanol–water partition coefficient (Wildman–Crippen LogP) is 3.51. The minimum Gasteiger partial charge on any atom is -0.496 e. The number of hydrogen-bond acceptors (Lipinski definition) is 2. The summed E-state index contributed by atoms with van der Waals surface area (Å²) in [7, 11) is 1.43. The molecule has 2 rings (SSSR count). The Hall–Kier alpha value is -2.23. The largest absolute Gasteiger partial charge is 0.496 e. The summed E-state index contributed by atoms with van der Waals surface area (Å²) in [6.45, 7) is 1.48. The zero-order chi connectivity index (χ0) is 14.0. The lowest BCUT2D eigenvalue weighted by atomic mass is 10.00. The lowest BCUT2D eigenvalue weighted by Crippen LogP contribution is -2.07. The van der Waals surface area contributed by atoms with Gasteiger partial charge < -0.3 is 4.74 Å². The van der Waals surface area contributed by atoms with E-state index in [4.69, 9.17) is 4.74 Å². The molecule has 2 nitrogen and oxygen atoms in total. The van der Waals surface area contributed by atoms with Crippen molar-refractivity contribution >= 4 is 5.78 Å². The van der Waals surface area contributed by atoms with E-state index in [-0.39, 0.29) is 16.7 Å². The first-order chi connectivity index (χ1) is 9.04. The van der Waals surface area contributed by atoms with Crippen LogP contribution in [0.3, 0.4) is 0 Å². The Morgan fingerprint density at radius 1 is 1.05 bits per heavy atom. The van der Waals surface area contributed by atoms with Gasteiger partial charge in [-0.15, -0.1) is 0 Å². The summed E-state index contributed by atoms with van der Waals surface area (Å²) in [5.74, 6) is -1.72. The number of aryl methyl sites for hydroxylation is 1. The Labute approximate surface area is 109 Å². The van der Waals surface area contributed by atoms with Crippen molar-refractivity contribution in [1.29, 1.82) is 0 Å². The van der Waals surface area contributed by atoms with Gasteiger partial charge in [0.05, 0.1) is 18.2 Å². The molecule has 0 amide bonds. The van der Waals surface area contributed by atoms with E-state index in [1.807, 2.05) is 0 Å². The molecule has 0 fully saturated rings. The molecule has 0 radical (unpaired) electrons. The van der Waals surface area contributed by atoms with Gasteiger partial charge in [-0.3, -0.25) is 4.79 Å². The number of para-hydroxylation sites is 1. The summed E-state index contributed by atoms with van der Waals surface area (Å²) < 4.78 is 32.0. The average Bonchev–Trinajstić information content (AvgIpc) is 2.42. The Morgan fingerprint density at radius 3 is 2.42 bits per heavy atom. The molecule has 2 aromatic rings. The fraction of sp³-hybridized carbons (Fsp3) is 0.133. The van der Waals surface area contributed by atoms with Gasteiger partial charge in [0.25, 0.3) is 0 Å². The number of benzene rings is 2. The van der Waals surface area contributed by atoms with Crippen LogP contribution in [0.15, 0.2) is 36.4 Å². The second-order valence-corrected chi connectivity index (χ2v) is 4.11. The summed E-state index contributed by atoms with van der Waals surface area (Å²) in [4.78, 5) is 12.3. The number of ketones is 1. The summed E-state index contributed by atoms with van der Waals surface area (Å²) in [5.41, 5.74) is 0.304. The fourth-order valence-electron chi connectivity index (χ4n) is 1.81. The zero-order valence-electron chi connectivity index (χ0n) is 10.5. The van der Waals surface area contributed by atoms with Crippen LogP contribution in [0.1, 0.15) is 21.5 Å². The minimum absolute atomic E-state index is 0.164. The molecule has 0 heterocycles. The number of carbonyl (C=O) groups excluding carboxylic acids is 1. The van der Waals surface area contributed by atoms with Gasteiger partial charge in [-0.1, -0.05) is 12.1 Å². The molecule has 0 atom stereocenters. The van der Waals surface area contributed by atoms with Crippen LogP contribution in [-0.4, -0.2) is 12.9 Å². The molecule has 0 bridgehead atoms. The second-order valence-electron chi connectivity index (χ2n) is 4.11. The van der Waals surface area contributed by atoms with Gasteiger partial charge >= 0.3 is 0 Å². The maximum atomic E-state index is 13.7. The third-order valence-electron chi connectivity index (χ3n) is 2.84. The lowest BCUT2D eigenvalue weighted by Gasteiger charge is -2.09. The van der Waals surface area contributed by atoms with Crippen LogP contribution in [0, 0.1) is 18.6 Å². The second kappa shape index (κ2) is 5.18. The molecule has 0 aliphatic heterocycles. The monoisotopic (exact) mass is 262 g/mol. The highest BCUT2D eigenvalue weighted by Crippen LogP contribution is 2.23. The molecule has 4 heteroatoms. The summed E-state index contributed by atoms with van der Waals surface area (Å²) in [5, 5.41) is 0. The fourth-order valence-corrected chi connectivity index (χ4v) is 1.81. The van der Waals surface area contributed by atoms with E-state index in [1.54, 1.807) is 24.3 Å². The number of hydrogen-bond donors (Lipinski definition) is 0.